The molecule has 0 bridgehead atoms. The van der Waals surface area contributed by atoms with E-state index >= 15 is 0 Å². The quantitative estimate of drug-likeness (QED) is 0.935. The van der Waals surface area contributed by atoms with Gasteiger partial charge in [-0.15, -0.1) is 0 Å². The Kier molecular flexibility index (Phi) is 4.13. The first-order valence-electron chi connectivity index (χ1n) is 7.69. The van der Waals surface area contributed by atoms with Crippen molar-refractivity contribution in [2.45, 2.75) is 31.9 Å². The predicted octanol–water partition coefficient (Wildman–Crippen LogP) is 3.40. The first-order chi connectivity index (χ1) is 10.2. The molecule has 21 heavy (non-hydrogen) atoms. The van der Waals surface area contributed by atoms with Gasteiger partial charge in [0.1, 0.15) is 11.4 Å². The van der Waals surface area contributed by atoms with Crippen LogP contribution in [0.3, 0.4) is 0 Å². The molecule has 0 spiro atoms. The van der Waals surface area contributed by atoms with Crippen LogP contribution >= 0.6 is 0 Å². The minimum absolute atomic E-state index is 0.260. The summed E-state index contributed by atoms with van der Waals surface area (Å²) in [6.45, 7) is 4.92. The summed E-state index contributed by atoms with van der Waals surface area (Å²) >= 11 is 0. The summed E-state index contributed by atoms with van der Waals surface area (Å²) in [5, 5.41) is 10.8. The standard InChI is InChI=1S/C18H23NO2/c1-18(20,17-8-5-13-21-17)16-9-11-19(12-10-16)14-15-6-3-2-4-7-15/h2-8,13,16,20H,9-12,14H2,1H3. The van der Waals surface area contributed by atoms with Gasteiger partial charge in [0.2, 0.25) is 0 Å². The number of nitrogens with zero attached hydrogens (tertiary/aromatic N) is 1. The lowest BCUT2D eigenvalue weighted by Crippen LogP contribution is -2.41. The topological polar surface area (TPSA) is 36.6 Å². The molecular weight excluding hydrogens is 262 g/mol. The summed E-state index contributed by atoms with van der Waals surface area (Å²) < 4.78 is 5.41. The summed E-state index contributed by atoms with van der Waals surface area (Å²) in [6, 6.07) is 14.3. The van der Waals surface area contributed by atoms with Crippen LogP contribution in [0.15, 0.2) is 53.1 Å². The molecule has 1 aliphatic heterocycles. The highest BCUT2D eigenvalue weighted by molar-refractivity contribution is 5.15. The van der Waals surface area contributed by atoms with Gasteiger partial charge in [-0.1, -0.05) is 30.3 Å². The van der Waals surface area contributed by atoms with Gasteiger partial charge in [0, 0.05) is 6.54 Å². The van der Waals surface area contributed by atoms with Crippen LogP contribution in [0.5, 0.6) is 0 Å². The number of benzene rings is 1. The van der Waals surface area contributed by atoms with Gasteiger partial charge in [-0.3, -0.25) is 4.90 Å². The van der Waals surface area contributed by atoms with E-state index in [1.54, 1.807) is 6.26 Å². The molecule has 1 N–H and O–H groups in total. The van der Waals surface area contributed by atoms with Gasteiger partial charge < -0.3 is 9.52 Å². The molecule has 3 nitrogen and oxygen atoms in total. The molecule has 1 atom stereocenters. The number of aliphatic hydroxyl groups is 1. The van der Waals surface area contributed by atoms with Crippen molar-refractivity contribution in [3.63, 3.8) is 0 Å². The van der Waals surface area contributed by atoms with Crippen molar-refractivity contribution in [1.29, 1.82) is 0 Å². The SMILES string of the molecule is CC(O)(c1ccco1)C1CCN(Cc2ccccc2)CC1. The second-order valence-corrected chi connectivity index (χ2v) is 6.16. The molecule has 1 aliphatic rings. The summed E-state index contributed by atoms with van der Waals surface area (Å²) in [7, 11) is 0. The van der Waals surface area contributed by atoms with Crippen LogP contribution in [0.25, 0.3) is 0 Å². The molecule has 2 heterocycles. The summed E-state index contributed by atoms with van der Waals surface area (Å²) in [6.07, 6.45) is 3.63. The van der Waals surface area contributed by atoms with Gasteiger partial charge in [0.25, 0.3) is 0 Å². The van der Waals surface area contributed by atoms with Gasteiger partial charge in [-0.25, -0.2) is 0 Å². The molecule has 2 aromatic rings. The van der Waals surface area contributed by atoms with Crippen molar-refractivity contribution in [2.75, 3.05) is 13.1 Å². The molecule has 1 fully saturated rings. The van der Waals surface area contributed by atoms with Crippen LogP contribution in [0.2, 0.25) is 0 Å². The number of likely N-dealkylation sites (tertiary alicyclic amines) is 1. The highest BCUT2D eigenvalue weighted by atomic mass is 16.4. The largest absolute Gasteiger partial charge is 0.466 e. The number of piperidine rings is 1. The monoisotopic (exact) mass is 285 g/mol. The Labute approximate surface area is 126 Å². The molecule has 3 rings (SSSR count). The minimum atomic E-state index is -0.859. The van der Waals surface area contributed by atoms with E-state index in [2.05, 4.69) is 35.2 Å². The van der Waals surface area contributed by atoms with E-state index in [1.165, 1.54) is 5.56 Å². The molecule has 0 aliphatic carbocycles. The van der Waals surface area contributed by atoms with Crippen LogP contribution in [-0.2, 0) is 12.1 Å². The highest BCUT2D eigenvalue weighted by Gasteiger charge is 2.37. The third-order valence-corrected chi connectivity index (χ3v) is 4.65. The molecule has 3 heteroatoms. The maximum absolute atomic E-state index is 10.8. The van der Waals surface area contributed by atoms with Crippen LogP contribution in [-0.4, -0.2) is 23.1 Å². The highest BCUT2D eigenvalue weighted by Crippen LogP contribution is 2.36. The summed E-state index contributed by atoms with van der Waals surface area (Å²) in [5.41, 5.74) is 0.497. The van der Waals surface area contributed by atoms with Crippen molar-refractivity contribution < 1.29 is 9.52 Å². The summed E-state index contributed by atoms with van der Waals surface area (Å²) in [4.78, 5) is 2.46. The Morgan fingerprint density at radius 2 is 1.86 bits per heavy atom. The number of rotatable bonds is 4. The summed E-state index contributed by atoms with van der Waals surface area (Å²) in [5.74, 6) is 0.944. The van der Waals surface area contributed by atoms with Crippen LogP contribution in [0.4, 0.5) is 0 Å². The van der Waals surface area contributed by atoms with Crippen molar-refractivity contribution in [3.8, 4) is 0 Å². The van der Waals surface area contributed by atoms with Gasteiger partial charge in [-0.05, 0) is 56.5 Å². The molecule has 1 aromatic carbocycles. The third-order valence-electron chi connectivity index (χ3n) is 4.65. The van der Waals surface area contributed by atoms with Gasteiger partial charge in [0.15, 0.2) is 0 Å². The maximum Gasteiger partial charge on any atom is 0.135 e. The Balaban J connectivity index is 1.58. The molecule has 0 saturated carbocycles. The van der Waals surface area contributed by atoms with Crippen molar-refractivity contribution in [2.24, 2.45) is 5.92 Å². The molecule has 0 amide bonds. The van der Waals surface area contributed by atoms with Crippen molar-refractivity contribution in [1.82, 2.24) is 4.90 Å². The number of furan rings is 1. The lowest BCUT2D eigenvalue weighted by molar-refractivity contribution is -0.0495. The maximum atomic E-state index is 10.8. The van der Waals surface area contributed by atoms with Gasteiger partial charge in [-0.2, -0.15) is 0 Å². The lowest BCUT2D eigenvalue weighted by Gasteiger charge is -2.38. The third kappa shape index (κ3) is 3.20. The first-order valence-corrected chi connectivity index (χ1v) is 7.69. The van der Waals surface area contributed by atoms with Crippen LogP contribution in [0, 0.1) is 5.92 Å². The smallest absolute Gasteiger partial charge is 0.135 e. The molecule has 1 aromatic heterocycles. The molecule has 1 unspecified atom stereocenters. The van der Waals surface area contributed by atoms with E-state index in [1.807, 2.05) is 19.1 Å². The molecule has 112 valence electrons. The van der Waals surface area contributed by atoms with Crippen molar-refractivity contribution >= 4 is 0 Å². The Morgan fingerprint density at radius 1 is 1.14 bits per heavy atom. The predicted molar refractivity (Wildman–Crippen MR) is 82.7 cm³/mol. The average molecular weight is 285 g/mol. The Hall–Kier alpha value is -1.58. The van der Waals surface area contributed by atoms with E-state index in [0.29, 0.717) is 5.76 Å². The van der Waals surface area contributed by atoms with Gasteiger partial charge >= 0.3 is 0 Å². The van der Waals surface area contributed by atoms with E-state index in [0.717, 1.165) is 32.5 Å². The normalized spacial score (nSPS) is 20.3. The fraction of sp³-hybridized carbons (Fsp3) is 0.444. The fourth-order valence-electron chi connectivity index (χ4n) is 3.26. The zero-order valence-electron chi connectivity index (χ0n) is 12.5. The van der Waals surface area contributed by atoms with E-state index in [4.69, 9.17) is 4.42 Å². The lowest BCUT2D eigenvalue weighted by atomic mass is 9.80. The zero-order valence-corrected chi connectivity index (χ0v) is 12.5. The Bertz CT molecular complexity index is 540. The second kappa shape index (κ2) is 6.04. The van der Waals surface area contributed by atoms with Crippen molar-refractivity contribution in [3.05, 3.63) is 60.1 Å². The number of hydrogen-bond donors (Lipinski definition) is 1. The second-order valence-electron chi connectivity index (χ2n) is 6.16. The number of hydrogen-bond acceptors (Lipinski definition) is 3. The average Bonchev–Trinajstić information content (AvgIpc) is 3.04. The Morgan fingerprint density at radius 3 is 2.48 bits per heavy atom. The fourth-order valence-corrected chi connectivity index (χ4v) is 3.26. The van der Waals surface area contributed by atoms with E-state index in [-0.39, 0.29) is 5.92 Å². The van der Waals surface area contributed by atoms with E-state index < -0.39 is 5.60 Å². The molecule has 0 radical (unpaired) electrons. The van der Waals surface area contributed by atoms with E-state index in [9.17, 15) is 5.11 Å². The molecule has 1 saturated heterocycles. The zero-order chi connectivity index (χ0) is 14.7. The molecular formula is C18H23NO2. The van der Waals surface area contributed by atoms with Crippen LogP contribution < -0.4 is 0 Å². The minimum Gasteiger partial charge on any atom is -0.466 e. The first kappa shape index (κ1) is 14.4. The van der Waals surface area contributed by atoms with Gasteiger partial charge in [0.05, 0.1) is 6.26 Å². The van der Waals surface area contributed by atoms with Crippen LogP contribution in [0.1, 0.15) is 31.1 Å².